The maximum atomic E-state index is 12.9. The third-order valence-corrected chi connectivity index (χ3v) is 6.47. The van der Waals surface area contributed by atoms with Crippen LogP contribution in [0.5, 0.6) is 0 Å². The first-order valence-electron chi connectivity index (χ1n) is 7.64. The van der Waals surface area contributed by atoms with Gasteiger partial charge in [-0.15, -0.1) is 0 Å². The zero-order chi connectivity index (χ0) is 18.8. The molecule has 0 radical (unpaired) electrons. The van der Waals surface area contributed by atoms with Crippen LogP contribution in [0.2, 0.25) is 0 Å². The third kappa shape index (κ3) is 5.10. The van der Waals surface area contributed by atoms with Gasteiger partial charge in [0.2, 0.25) is 5.91 Å². The molecule has 0 spiro atoms. The van der Waals surface area contributed by atoms with E-state index in [4.69, 9.17) is 0 Å². The molecule has 1 fully saturated rings. The van der Waals surface area contributed by atoms with Crippen LogP contribution in [0.15, 0.2) is 22.7 Å². The minimum absolute atomic E-state index is 0.0521. The first kappa shape index (κ1) is 20.0. The monoisotopic (exact) mass is 442 g/mol. The summed E-state index contributed by atoms with van der Waals surface area (Å²) in [5, 5.41) is 2.68. The molecular formula is C15H18BrF3N2O3S. The molecular weight excluding hydrogens is 425 g/mol. The molecule has 1 heterocycles. The van der Waals surface area contributed by atoms with Crippen molar-refractivity contribution in [2.75, 3.05) is 29.9 Å². The summed E-state index contributed by atoms with van der Waals surface area (Å²) in [5.74, 6) is -0.360. The number of hydrogen-bond donors (Lipinski definition) is 1. The molecule has 0 bridgehead atoms. The van der Waals surface area contributed by atoms with Crippen molar-refractivity contribution in [2.24, 2.45) is 0 Å². The van der Waals surface area contributed by atoms with E-state index in [0.29, 0.717) is 13.0 Å². The van der Waals surface area contributed by atoms with Crippen molar-refractivity contribution < 1.29 is 26.4 Å². The summed E-state index contributed by atoms with van der Waals surface area (Å²) in [5.41, 5.74) is -0.668. The highest BCUT2D eigenvalue weighted by atomic mass is 79.9. The molecule has 1 unspecified atom stereocenters. The first-order valence-corrected chi connectivity index (χ1v) is 10.3. The Kier molecular flexibility index (Phi) is 6.03. The molecule has 25 heavy (non-hydrogen) atoms. The Morgan fingerprint density at radius 2 is 2.08 bits per heavy atom. The van der Waals surface area contributed by atoms with E-state index in [1.165, 1.54) is 17.0 Å². The third-order valence-electron chi connectivity index (χ3n) is 4.03. The van der Waals surface area contributed by atoms with Crippen molar-refractivity contribution >= 4 is 37.4 Å². The number of halogens is 4. The van der Waals surface area contributed by atoms with Gasteiger partial charge in [-0.05, 0) is 31.5 Å². The molecule has 2 rings (SSSR count). The number of rotatable bonds is 5. The Bertz CT molecular complexity index is 753. The van der Waals surface area contributed by atoms with E-state index >= 15 is 0 Å². The molecule has 0 aliphatic carbocycles. The van der Waals surface area contributed by atoms with Crippen molar-refractivity contribution in [1.82, 2.24) is 4.90 Å². The van der Waals surface area contributed by atoms with E-state index in [2.05, 4.69) is 21.2 Å². The summed E-state index contributed by atoms with van der Waals surface area (Å²) < 4.78 is 61.7. The number of alkyl halides is 3. The lowest BCUT2D eigenvalue weighted by molar-refractivity contribution is -0.138. The predicted octanol–water partition coefficient (Wildman–Crippen LogP) is 2.92. The van der Waals surface area contributed by atoms with Crippen LogP contribution in [-0.2, 0) is 20.8 Å². The number of nitrogens with one attached hydrogen (secondary N) is 1. The van der Waals surface area contributed by atoms with Crippen molar-refractivity contribution in [1.29, 1.82) is 0 Å². The van der Waals surface area contributed by atoms with Gasteiger partial charge in [0, 0.05) is 22.7 Å². The zero-order valence-electron chi connectivity index (χ0n) is 13.4. The van der Waals surface area contributed by atoms with E-state index in [1.807, 2.05) is 0 Å². The van der Waals surface area contributed by atoms with Gasteiger partial charge in [0.05, 0.1) is 23.6 Å². The number of carbonyl (C=O) groups is 1. The van der Waals surface area contributed by atoms with Crippen molar-refractivity contribution in [2.45, 2.75) is 25.6 Å². The lowest BCUT2D eigenvalue weighted by atomic mass is 10.2. The van der Waals surface area contributed by atoms with Gasteiger partial charge >= 0.3 is 6.18 Å². The van der Waals surface area contributed by atoms with Crippen LogP contribution in [-0.4, -0.2) is 49.9 Å². The molecule has 1 aromatic rings. The maximum absolute atomic E-state index is 12.9. The molecule has 1 N–H and O–H groups in total. The molecule has 140 valence electrons. The van der Waals surface area contributed by atoms with Gasteiger partial charge in [0.25, 0.3) is 0 Å². The van der Waals surface area contributed by atoms with Crippen LogP contribution in [0.4, 0.5) is 18.9 Å². The summed E-state index contributed by atoms with van der Waals surface area (Å²) in [7, 11) is -3.12. The van der Waals surface area contributed by atoms with Gasteiger partial charge in [0.15, 0.2) is 9.84 Å². The predicted molar refractivity (Wildman–Crippen MR) is 92.1 cm³/mol. The summed E-state index contributed by atoms with van der Waals surface area (Å²) in [4.78, 5) is 13.8. The molecule has 1 aliphatic rings. The Morgan fingerprint density at radius 1 is 1.40 bits per heavy atom. The molecule has 1 aliphatic heterocycles. The molecule has 0 saturated carbocycles. The first-order chi connectivity index (χ1) is 11.5. The Balaban J connectivity index is 2.04. The van der Waals surface area contributed by atoms with Gasteiger partial charge in [-0.3, -0.25) is 4.79 Å². The molecule has 10 heteroatoms. The fourth-order valence-electron chi connectivity index (χ4n) is 2.79. The van der Waals surface area contributed by atoms with E-state index in [9.17, 15) is 26.4 Å². The number of nitrogens with zero attached hydrogens (tertiary/aromatic N) is 1. The lowest BCUT2D eigenvalue weighted by Crippen LogP contribution is -2.43. The second-order valence-electron chi connectivity index (χ2n) is 5.78. The van der Waals surface area contributed by atoms with Crippen molar-refractivity contribution in [3.05, 3.63) is 28.2 Å². The number of carbonyl (C=O) groups excluding carboxylic acids is 1. The topological polar surface area (TPSA) is 66.5 Å². The average Bonchev–Trinajstić information content (AvgIpc) is 2.86. The number of benzene rings is 1. The smallest absolute Gasteiger partial charge is 0.376 e. The largest absolute Gasteiger partial charge is 0.417 e. The number of likely N-dealkylation sites (N-methyl/N-ethyl adjacent to an activating group) is 1. The quantitative estimate of drug-likeness (QED) is 0.760. The molecule has 1 saturated heterocycles. The summed E-state index contributed by atoms with van der Waals surface area (Å²) in [6, 6.07) is 3.24. The van der Waals surface area contributed by atoms with Crippen LogP contribution in [0.3, 0.4) is 0 Å². The Labute approximate surface area is 152 Å². The van der Waals surface area contributed by atoms with Crippen LogP contribution in [0.25, 0.3) is 0 Å². The van der Waals surface area contributed by atoms with Crippen LogP contribution < -0.4 is 5.32 Å². The SMILES string of the molecule is CCN(C(=O)CNc1ccc(Br)c(C(F)(F)F)c1)C1CCS(=O)(=O)C1. The van der Waals surface area contributed by atoms with Crippen molar-refractivity contribution in [3.63, 3.8) is 0 Å². The lowest BCUT2D eigenvalue weighted by Gasteiger charge is -2.27. The van der Waals surface area contributed by atoms with Crippen LogP contribution >= 0.6 is 15.9 Å². The molecule has 0 aromatic heterocycles. The maximum Gasteiger partial charge on any atom is 0.417 e. The average molecular weight is 443 g/mol. The number of anilines is 1. The molecule has 1 aromatic carbocycles. The fourth-order valence-corrected chi connectivity index (χ4v) is 4.99. The highest BCUT2D eigenvalue weighted by Gasteiger charge is 2.34. The van der Waals surface area contributed by atoms with Gasteiger partial charge in [-0.25, -0.2) is 8.42 Å². The van der Waals surface area contributed by atoms with Crippen LogP contribution in [0.1, 0.15) is 18.9 Å². The minimum Gasteiger partial charge on any atom is -0.376 e. The molecule has 1 atom stereocenters. The highest BCUT2D eigenvalue weighted by molar-refractivity contribution is 9.10. The minimum atomic E-state index is -4.51. The Morgan fingerprint density at radius 3 is 2.60 bits per heavy atom. The summed E-state index contributed by atoms with van der Waals surface area (Å²) in [6.45, 7) is 1.88. The van der Waals surface area contributed by atoms with Gasteiger partial charge in [-0.2, -0.15) is 13.2 Å². The summed E-state index contributed by atoms with van der Waals surface area (Å²) >= 11 is 2.86. The fraction of sp³-hybridized carbons (Fsp3) is 0.533. The number of sulfone groups is 1. The highest BCUT2D eigenvalue weighted by Crippen LogP contribution is 2.36. The second kappa shape index (κ2) is 7.53. The van der Waals surface area contributed by atoms with Gasteiger partial charge in [-0.1, -0.05) is 15.9 Å². The normalized spacial score (nSPS) is 19.6. The summed E-state index contributed by atoms with van der Waals surface area (Å²) in [6.07, 6.45) is -4.12. The number of hydrogen-bond acceptors (Lipinski definition) is 4. The zero-order valence-corrected chi connectivity index (χ0v) is 15.8. The van der Waals surface area contributed by atoms with Crippen LogP contribution in [0, 0.1) is 0 Å². The van der Waals surface area contributed by atoms with E-state index in [0.717, 1.165) is 6.07 Å². The van der Waals surface area contributed by atoms with Gasteiger partial charge in [0.1, 0.15) is 0 Å². The Hall–Kier alpha value is -1.29. The molecule has 1 amide bonds. The van der Waals surface area contributed by atoms with E-state index in [1.54, 1.807) is 6.92 Å². The standard InChI is InChI=1S/C15H18BrF3N2O3S/c1-2-21(11-5-6-25(23,24)9-11)14(22)8-20-10-3-4-13(16)12(7-10)15(17,18)19/h3-4,7,11,20H,2,5-6,8-9H2,1H3. The van der Waals surface area contributed by atoms with Gasteiger partial charge < -0.3 is 10.2 Å². The molecule has 5 nitrogen and oxygen atoms in total. The van der Waals surface area contributed by atoms with E-state index < -0.39 is 21.6 Å². The second-order valence-corrected chi connectivity index (χ2v) is 8.87. The van der Waals surface area contributed by atoms with Crippen molar-refractivity contribution in [3.8, 4) is 0 Å². The van der Waals surface area contributed by atoms with E-state index in [-0.39, 0.29) is 40.2 Å². The number of amides is 1.